The molecule has 0 saturated carbocycles. The van der Waals surface area contributed by atoms with Crippen LogP contribution in [0.4, 0.5) is 0 Å². The molecule has 0 aromatic carbocycles. The van der Waals surface area contributed by atoms with Crippen LogP contribution in [0.25, 0.3) is 0 Å². The average Bonchev–Trinajstić information content (AvgIpc) is 1.66. The fourth-order valence-electron chi connectivity index (χ4n) is 0.280. The largest absolute Gasteiger partial charge is 0.437 e. The van der Waals surface area contributed by atoms with Gasteiger partial charge < -0.3 is 4.80 Å². The molecule has 48 valence electrons. The summed E-state index contributed by atoms with van der Waals surface area (Å²) in [6.45, 7) is 1.56. The monoisotopic (exact) mass is 150 g/mol. The van der Waals surface area contributed by atoms with Crippen LogP contribution in [0.5, 0.6) is 0 Å². The highest BCUT2D eigenvalue weighted by molar-refractivity contribution is 8.01. The Bertz CT molecular complexity index is 76.4. The van der Waals surface area contributed by atoms with Gasteiger partial charge in [-0.2, -0.15) is 11.8 Å². The first-order chi connectivity index (χ1) is 3.77. The molecule has 0 spiro atoms. The molecule has 0 unspecified atom stereocenters. The summed E-state index contributed by atoms with van der Waals surface area (Å²) >= 11 is 1.52. The van der Waals surface area contributed by atoms with E-state index in [9.17, 15) is 4.79 Å². The van der Waals surface area contributed by atoms with E-state index in [0.29, 0.717) is 5.75 Å². The van der Waals surface area contributed by atoms with Gasteiger partial charge in [0.15, 0.2) is 9.76 Å². The maximum absolute atomic E-state index is 10.2. The fraction of sp³-hybridized carbons (Fsp3) is 0.750. The molecule has 2 nitrogen and oxygen atoms in total. The third-order valence-electron chi connectivity index (χ3n) is 0.541. The van der Waals surface area contributed by atoms with E-state index >= 15 is 0 Å². The van der Waals surface area contributed by atoms with Crippen molar-refractivity contribution in [2.45, 2.75) is 6.92 Å². The van der Waals surface area contributed by atoms with Crippen molar-refractivity contribution in [3.63, 3.8) is 0 Å². The second-order valence-corrected chi connectivity index (χ2v) is 4.26. The molecular weight excluding hydrogens is 140 g/mol. The van der Waals surface area contributed by atoms with Crippen molar-refractivity contribution in [2.75, 3.05) is 11.1 Å². The van der Waals surface area contributed by atoms with E-state index in [0.717, 1.165) is 5.38 Å². The van der Waals surface area contributed by atoms with E-state index < -0.39 is 9.76 Å². The number of thioether (sulfide) groups is 1. The van der Waals surface area contributed by atoms with Gasteiger partial charge >= 0.3 is 0 Å². The molecule has 0 saturated heterocycles. The Hall–Kier alpha value is 0.197. The third-order valence-corrected chi connectivity index (χ3v) is 3.04. The number of hydrogen-bond donors (Lipinski definition) is 1. The maximum Gasteiger partial charge on any atom is 0.166 e. The first kappa shape index (κ1) is 8.20. The molecule has 0 heterocycles. The van der Waals surface area contributed by atoms with E-state index in [1.165, 1.54) is 11.8 Å². The summed E-state index contributed by atoms with van der Waals surface area (Å²) in [6.07, 6.45) is 0. The van der Waals surface area contributed by atoms with E-state index in [1.807, 2.05) is 0 Å². The van der Waals surface area contributed by atoms with Crippen LogP contribution in [-0.4, -0.2) is 31.5 Å². The molecule has 0 aliphatic carbocycles. The molecule has 0 bridgehead atoms. The van der Waals surface area contributed by atoms with Crippen LogP contribution < -0.4 is 0 Å². The van der Waals surface area contributed by atoms with Gasteiger partial charge in [0.25, 0.3) is 0 Å². The summed E-state index contributed by atoms with van der Waals surface area (Å²) in [4.78, 5) is 18.6. The zero-order valence-corrected chi connectivity index (χ0v) is 7.12. The highest BCUT2D eigenvalue weighted by atomic mass is 32.2. The van der Waals surface area contributed by atoms with Crippen molar-refractivity contribution in [1.29, 1.82) is 0 Å². The van der Waals surface area contributed by atoms with Crippen LogP contribution in [0.3, 0.4) is 0 Å². The second-order valence-electron chi connectivity index (χ2n) is 1.48. The van der Waals surface area contributed by atoms with Crippen LogP contribution >= 0.6 is 11.8 Å². The van der Waals surface area contributed by atoms with Crippen LogP contribution in [0.15, 0.2) is 0 Å². The van der Waals surface area contributed by atoms with Gasteiger partial charge in [-0.05, 0) is 6.92 Å². The lowest BCUT2D eigenvalue weighted by Gasteiger charge is -1.90. The van der Waals surface area contributed by atoms with Gasteiger partial charge in [-0.25, -0.2) is 0 Å². The van der Waals surface area contributed by atoms with Gasteiger partial charge in [0.1, 0.15) is 5.78 Å². The lowest BCUT2D eigenvalue weighted by Crippen LogP contribution is -1.98. The quantitative estimate of drug-likeness (QED) is 0.427. The van der Waals surface area contributed by atoms with Crippen molar-refractivity contribution in [3.8, 4) is 0 Å². The highest BCUT2D eigenvalue weighted by Crippen LogP contribution is 1.95. The Balaban J connectivity index is 2.82. The van der Waals surface area contributed by atoms with Crippen molar-refractivity contribution in [2.24, 2.45) is 0 Å². The molecule has 0 aliphatic rings. The van der Waals surface area contributed by atoms with Crippen molar-refractivity contribution >= 4 is 27.3 Å². The van der Waals surface area contributed by atoms with Crippen LogP contribution in [0.1, 0.15) is 6.92 Å². The molecule has 0 atom stereocenters. The number of hydrogen-bond acceptors (Lipinski definition) is 3. The molecule has 0 amide bonds. The average molecular weight is 150 g/mol. The van der Waals surface area contributed by atoms with E-state index in [-0.39, 0.29) is 5.78 Å². The van der Waals surface area contributed by atoms with Crippen LogP contribution in [0.2, 0.25) is 0 Å². The molecule has 0 aliphatic heterocycles. The molecular formula is C4H10O2SSi. The first-order valence-corrected chi connectivity index (χ1v) is 5.24. The van der Waals surface area contributed by atoms with E-state index in [1.54, 1.807) is 6.92 Å². The van der Waals surface area contributed by atoms with Crippen molar-refractivity contribution in [1.82, 2.24) is 0 Å². The van der Waals surface area contributed by atoms with Crippen molar-refractivity contribution < 1.29 is 9.59 Å². The summed E-state index contributed by atoms with van der Waals surface area (Å²) in [5, 5.41) is 0.805. The first-order valence-electron chi connectivity index (χ1n) is 2.45. The smallest absolute Gasteiger partial charge is 0.166 e. The summed E-state index contributed by atoms with van der Waals surface area (Å²) in [5.74, 6) is 0.755. The summed E-state index contributed by atoms with van der Waals surface area (Å²) in [5.41, 5.74) is 0. The Kier molecular flexibility index (Phi) is 5.47. The summed E-state index contributed by atoms with van der Waals surface area (Å²) in [6, 6.07) is 0. The molecule has 1 N–H and O–H groups in total. The molecule has 4 heteroatoms. The number of carbonyl (C=O) groups is 1. The highest BCUT2D eigenvalue weighted by Gasteiger charge is 1.90. The predicted octanol–water partition coefficient (Wildman–Crippen LogP) is -0.658. The molecule has 8 heavy (non-hydrogen) atoms. The fourth-order valence-corrected chi connectivity index (χ4v) is 1.66. The van der Waals surface area contributed by atoms with E-state index in [2.05, 4.69) is 0 Å². The lowest BCUT2D eigenvalue weighted by atomic mass is 10.5. The number of rotatable bonds is 4. The molecule has 0 fully saturated rings. The summed E-state index contributed by atoms with van der Waals surface area (Å²) < 4.78 is 0. The second kappa shape index (κ2) is 5.34. The van der Waals surface area contributed by atoms with E-state index in [4.69, 9.17) is 4.80 Å². The Labute approximate surface area is 55.6 Å². The third kappa shape index (κ3) is 6.20. The van der Waals surface area contributed by atoms with Gasteiger partial charge in [0.05, 0.1) is 5.75 Å². The Morgan fingerprint density at radius 1 is 1.88 bits per heavy atom. The zero-order chi connectivity index (χ0) is 6.41. The van der Waals surface area contributed by atoms with Crippen LogP contribution in [-0.2, 0) is 4.79 Å². The normalized spacial score (nSPS) is 10.8. The van der Waals surface area contributed by atoms with Crippen molar-refractivity contribution in [3.05, 3.63) is 0 Å². The lowest BCUT2D eigenvalue weighted by molar-refractivity contribution is -0.114. The number of Topliss-reactive ketones (excluding diaryl/α,β-unsaturated/α-hetero) is 1. The van der Waals surface area contributed by atoms with Gasteiger partial charge in [0.2, 0.25) is 0 Å². The Morgan fingerprint density at radius 3 is 2.88 bits per heavy atom. The van der Waals surface area contributed by atoms with Gasteiger partial charge in [0, 0.05) is 5.38 Å². The predicted molar refractivity (Wildman–Crippen MR) is 38.8 cm³/mol. The Morgan fingerprint density at radius 2 is 2.50 bits per heavy atom. The molecule has 0 aromatic rings. The number of ketones is 1. The summed E-state index contributed by atoms with van der Waals surface area (Å²) in [7, 11) is -0.818. The molecule has 0 rings (SSSR count). The zero-order valence-electron chi connectivity index (χ0n) is 4.89. The number of carbonyl (C=O) groups excluding carboxylic acids is 1. The van der Waals surface area contributed by atoms with Crippen LogP contribution in [0, 0.1) is 0 Å². The van der Waals surface area contributed by atoms with Gasteiger partial charge in [-0.3, -0.25) is 4.79 Å². The maximum atomic E-state index is 10.2. The topological polar surface area (TPSA) is 37.3 Å². The minimum Gasteiger partial charge on any atom is -0.437 e. The van der Waals surface area contributed by atoms with Gasteiger partial charge in [-0.15, -0.1) is 0 Å². The molecule has 0 radical (unpaired) electrons. The standard InChI is InChI=1S/C4H10O2SSi/c1-4(5)2-7-3-8-6/h6H,2-3,8H2,1H3. The minimum absolute atomic E-state index is 0.192. The minimum atomic E-state index is -0.818. The SMILES string of the molecule is CC(=O)CSC[SiH2]O. The molecule has 0 aromatic heterocycles. The van der Waals surface area contributed by atoms with Gasteiger partial charge in [-0.1, -0.05) is 0 Å².